The van der Waals surface area contributed by atoms with Crippen molar-refractivity contribution in [3.05, 3.63) is 29.8 Å². The molecule has 148 valence electrons. The zero-order chi connectivity index (χ0) is 19.7. The third-order valence-electron chi connectivity index (χ3n) is 5.71. The molecule has 1 aromatic carbocycles. The van der Waals surface area contributed by atoms with Crippen LogP contribution < -0.4 is 5.32 Å². The van der Waals surface area contributed by atoms with Gasteiger partial charge in [0.25, 0.3) is 0 Å². The predicted molar refractivity (Wildman–Crippen MR) is 99.6 cm³/mol. The number of aryl methyl sites for hydroxylation is 1. The van der Waals surface area contributed by atoms with Crippen LogP contribution in [0.2, 0.25) is 0 Å². The summed E-state index contributed by atoms with van der Waals surface area (Å²) in [5.74, 6) is -1.61. The molecule has 1 saturated heterocycles. The van der Waals surface area contributed by atoms with Crippen LogP contribution in [0, 0.1) is 12.8 Å². The van der Waals surface area contributed by atoms with E-state index in [0.29, 0.717) is 25.7 Å². The van der Waals surface area contributed by atoms with E-state index in [1.807, 2.05) is 6.92 Å². The number of piperidine rings is 1. The Kier molecular flexibility index (Phi) is 5.58. The highest BCUT2D eigenvalue weighted by molar-refractivity contribution is 7.89. The van der Waals surface area contributed by atoms with Gasteiger partial charge < -0.3 is 10.4 Å². The molecular weight excluding hydrogens is 368 g/mol. The van der Waals surface area contributed by atoms with Crippen LogP contribution in [-0.2, 0) is 19.6 Å². The lowest BCUT2D eigenvalue weighted by molar-refractivity contribution is -0.148. The Bertz CT molecular complexity index is 805. The van der Waals surface area contributed by atoms with E-state index < -0.39 is 21.5 Å². The normalized spacial score (nSPS) is 21.1. The van der Waals surface area contributed by atoms with Gasteiger partial charge in [-0.1, -0.05) is 30.5 Å². The number of benzene rings is 1. The fourth-order valence-corrected chi connectivity index (χ4v) is 5.40. The number of sulfonamides is 1. The largest absolute Gasteiger partial charge is 0.480 e. The number of carbonyl (C=O) groups is 2. The Morgan fingerprint density at radius 3 is 2.19 bits per heavy atom. The number of hydrogen-bond donors (Lipinski definition) is 2. The van der Waals surface area contributed by atoms with Crippen LogP contribution in [0.25, 0.3) is 0 Å². The van der Waals surface area contributed by atoms with Gasteiger partial charge in [-0.15, -0.1) is 0 Å². The highest BCUT2D eigenvalue weighted by Gasteiger charge is 2.44. The summed E-state index contributed by atoms with van der Waals surface area (Å²) >= 11 is 0. The lowest BCUT2D eigenvalue weighted by atomic mass is 9.92. The third kappa shape index (κ3) is 4.01. The van der Waals surface area contributed by atoms with Gasteiger partial charge in [-0.3, -0.25) is 4.79 Å². The molecule has 7 nitrogen and oxygen atoms in total. The summed E-state index contributed by atoms with van der Waals surface area (Å²) < 4.78 is 26.9. The number of carboxylic acids is 1. The second-order valence-electron chi connectivity index (χ2n) is 7.58. The van der Waals surface area contributed by atoms with Crippen LogP contribution in [0.1, 0.15) is 44.1 Å². The smallest absolute Gasteiger partial charge is 0.329 e. The fourth-order valence-electron chi connectivity index (χ4n) is 3.93. The number of nitrogens with zero attached hydrogens (tertiary/aromatic N) is 1. The molecule has 0 bridgehead atoms. The second-order valence-corrected chi connectivity index (χ2v) is 9.51. The Morgan fingerprint density at radius 2 is 1.67 bits per heavy atom. The van der Waals surface area contributed by atoms with Crippen molar-refractivity contribution in [3.63, 3.8) is 0 Å². The van der Waals surface area contributed by atoms with Crippen molar-refractivity contribution in [2.24, 2.45) is 5.92 Å². The lowest BCUT2D eigenvalue weighted by Crippen LogP contribution is -2.55. The number of amides is 1. The standard InChI is InChI=1S/C19H26N2O5S/c1-14-4-6-16(7-5-14)27(25,26)21-12-8-15(9-13-21)17(22)20-19(18(23)24)10-2-3-11-19/h4-7,15H,2-3,8-13H2,1H3,(H,20,22)(H,23,24). The van der Waals surface area contributed by atoms with Gasteiger partial charge in [0.1, 0.15) is 5.54 Å². The first-order valence-electron chi connectivity index (χ1n) is 9.37. The first-order chi connectivity index (χ1) is 12.7. The van der Waals surface area contributed by atoms with Gasteiger partial charge in [-0.2, -0.15) is 4.31 Å². The number of nitrogens with one attached hydrogen (secondary N) is 1. The van der Waals surface area contributed by atoms with Crippen molar-refractivity contribution >= 4 is 21.9 Å². The molecule has 2 aliphatic rings. The van der Waals surface area contributed by atoms with Gasteiger partial charge in [-0.05, 0) is 44.7 Å². The molecule has 1 heterocycles. The summed E-state index contributed by atoms with van der Waals surface area (Å²) in [5, 5.41) is 12.2. The first kappa shape index (κ1) is 19.8. The minimum Gasteiger partial charge on any atom is -0.480 e. The van der Waals surface area contributed by atoms with Gasteiger partial charge in [-0.25, -0.2) is 13.2 Å². The Hall–Kier alpha value is -1.93. The number of hydrogen-bond acceptors (Lipinski definition) is 4. The Morgan fingerprint density at radius 1 is 1.11 bits per heavy atom. The molecule has 27 heavy (non-hydrogen) atoms. The van der Waals surface area contributed by atoms with E-state index in [1.54, 1.807) is 24.3 Å². The Balaban J connectivity index is 1.62. The summed E-state index contributed by atoms with van der Waals surface area (Å²) in [5.41, 5.74) is -0.161. The second kappa shape index (κ2) is 7.59. The van der Waals surface area contributed by atoms with E-state index in [0.717, 1.165) is 18.4 Å². The van der Waals surface area contributed by atoms with Crippen LogP contribution in [0.3, 0.4) is 0 Å². The van der Waals surface area contributed by atoms with Crippen LogP contribution in [-0.4, -0.2) is 48.3 Å². The molecule has 8 heteroatoms. The fraction of sp³-hybridized carbons (Fsp3) is 0.579. The summed E-state index contributed by atoms with van der Waals surface area (Å²) in [6.45, 7) is 2.41. The van der Waals surface area contributed by atoms with Gasteiger partial charge in [0.15, 0.2) is 0 Å². The molecule has 1 aliphatic heterocycles. The summed E-state index contributed by atoms with van der Waals surface area (Å²) in [4.78, 5) is 24.4. The lowest BCUT2D eigenvalue weighted by Gasteiger charge is -2.33. The van der Waals surface area contributed by atoms with Crippen LogP contribution in [0.4, 0.5) is 0 Å². The summed E-state index contributed by atoms with van der Waals surface area (Å²) in [6, 6.07) is 6.72. The monoisotopic (exact) mass is 394 g/mol. The van der Waals surface area contributed by atoms with Gasteiger partial charge in [0.2, 0.25) is 15.9 Å². The van der Waals surface area contributed by atoms with E-state index in [-0.39, 0.29) is 29.8 Å². The summed E-state index contributed by atoms with van der Waals surface area (Å²) in [6.07, 6.45) is 3.28. The zero-order valence-electron chi connectivity index (χ0n) is 15.5. The number of aliphatic carboxylic acids is 1. The van der Waals surface area contributed by atoms with Gasteiger partial charge in [0, 0.05) is 19.0 Å². The molecule has 0 aromatic heterocycles. The van der Waals surface area contributed by atoms with Crippen molar-refractivity contribution < 1.29 is 23.1 Å². The number of carbonyl (C=O) groups excluding carboxylic acids is 1. The molecule has 2 fully saturated rings. The van der Waals surface area contributed by atoms with E-state index in [2.05, 4.69) is 5.32 Å². The van der Waals surface area contributed by atoms with Crippen LogP contribution >= 0.6 is 0 Å². The average molecular weight is 394 g/mol. The molecule has 0 atom stereocenters. The number of rotatable bonds is 5. The Labute approximate surface area is 159 Å². The molecule has 1 saturated carbocycles. The SMILES string of the molecule is Cc1ccc(S(=O)(=O)N2CCC(C(=O)NC3(C(=O)O)CCCC3)CC2)cc1. The van der Waals surface area contributed by atoms with Gasteiger partial charge in [0.05, 0.1) is 4.90 Å². The molecule has 0 radical (unpaired) electrons. The van der Waals surface area contributed by atoms with Crippen molar-refractivity contribution in [2.45, 2.75) is 55.9 Å². The summed E-state index contributed by atoms with van der Waals surface area (Å²) in [7, 11) is -3.57. The molecule has 0 spiro atoms. The van der Waals surface area contributed by atoms with Crippen molar-refractivity contribution in [2.75, 3.05) is 13.1 Å². The van der Waals surface area contributed by atoms with E-state index in [9.17, 15) is 23.1 Å². The minimum absolute atomic E-state index is 0.256. The molecule has 1 aromatic rings. The minimum atomic E-state index is -3.57. The van der Waals surface area contributed by atoms with Gasteiger partial charge >= 0.3 is 5.97 Å². The highest BCUT2D eigenvalue weighted by atomic mass is 32.2. The maximum atomic E-state index is 12.7. The molecular formula is C19H26N2O5S. The topological polar surface area (TPSA) is 104 Å². The maximum absolute atomic E-state index is 12.7. The predicted octanol–water partition coefficient (Wildman–Crippen LogP) is 1.91. The first-order valence-corrected chi connectivity index (χ1v) is 10.8. The molecule has 3 rings (SSSR count). The average Bonchev–Trinajstić information content (AvgIpc) is 3.12. The van der Waals surface area contributed by atoms with Crippen molar-refractivity contribution in [3.8, 4) is 0 Å². The zero-order valence-corrected chi connectivity index (χ0v) is 16.3. The quantitative estimate of drug-likeness (QED) is 0.794. The van der Waals surface area contributed by atoms with E-state index >= 15 is 0 Å². The van der Waals surface area contributed by atoms with E-state index in [4.69, 9.17) is 0 Å². The maximum Gasteiger partial charge on any atom is 0.329 e. The highest BCUT2D eigenvalue weighted by Crippen LogP contribution is 2.31. The van der Waals surface area contributed by atoms with Crippen molar-refractivity contribution in [1.29, 1.82) is 0 Å². The van der Waals surface area contributed by atoms with Crippen LogP contribution in [0.5, 0.6) is 0 Å². The van der Waals surface area contributed by atoms with Crippen LogP contribution in [0.15, 0.2) is 29.2 Å². The molecule has 1 aliphatic carbocycles. The molecule has 2 N–H and O–H groups in total. The number of carboxylic acid groups (broad SMARTS) is 1. The van der Waals surface area contributed by atoms with E-state index in [1.165, 1.54) is 4.31 Å². The van der Waals surface area contributed by atoms with Crippen molar-refractivity contribution in [1.82, 2.24) is 9.62 Å². The third-order valence-corrected chi connectivity index (χ3v) is 7.63. The molecule has 1 amide bonds. The molecule has 0 unspecified atom stereocenters.